The molecule has 2 unspecified atom stereocenters. The van der Waals surface area contributed by atoms with E-state index >= 15 is 0 Å². The SMILES string of the molecule is CCCC(CC)C(OC(=O)OC)C(C)C. The molecule has 0 bridgehead atoms. The normalized spacial score (nSPS) is 14.8. The highest BCUT2D eigenvalue weighted by Crippen LogP contribution is 2.24. The number of ether oxygens (including phenoxy) is 2. The Labute approximate surface area is 93.1 Å². The lowest BCUT2D eigenvalue weighted by Gasteiger charge is -2.28. The van der Waals surface area contributed by atoms with Crippen molar-refractivity contribution in [2.75, 3.05) is 7.11 Å². The Morgan fingerprint density at radius 1 is 1.27 bits per heavy atom. The molecule has 0 fully saturated rings. The maximum atomic E-state index is 11.1. The molecule has 3 heteroatoms. The second kappa shape index (κ2) is 7.55. The van der Waals surface area contributed by atoms with Gasteiger partial charge in [0.2, 0.25) is 0 Å². The maximum absolute atomic E-state index is 11.1. The summed E-state index contributed by atoms with van der Waals surface area (Å²) in [7, 11) is 1.35. The van der Waals surface area contributed by atoms with Gasteiger partial charge in [0.1, 0.15) is 6.10 Å². The summed E-state index contributed by atoms with van der Waals surface area (Å²) in [6.45, 7) is 8.44. The van der Waals surface area contributed by atoms with Crippen LogP contribution in [0.4, 0.5) is 4.79 Å². The minimum Gasteiger partial charge on any atom is -0.438 e. The molecule has 0 spiro atoms. The average molecular weight is 216 g/mol. The van der Waals surface area contributed by atoms with Gasteiger partial charge in [-0.3, -0.25) is 0 Å². The van der Waals surface area contributed by atoms with E-state index in [0.29, 0.717) is 11.8 Å². The van der Waals surface area contributed by atoms with Crippen LogP contribution in [-0.2, 0) is 9.47 Å². The van der Waals surface area contributed by atoms with Crippen molar-refractivity contribution >= 4 is 6.16 Å². The van der Waals surface area contributed by atoms with E-state index in [1.54, 1.807) is 0 Å². The second-order valence-electron chi connectivity index (χ2n) is 4.24. The highest BCUT2D eigenvalue weighted by atomic mass is 16.7. The molecule has 15 heavy (non-hydrogen) atoms. The van der Waals surface area contributed by atoms with Gasteiger partial charge in [-0.2, -0.15) is 0 Å². The van der Waals surface area contributed by atoms with Crippen molar-refractivity contribution in [3.05, 3.63) is 0 Å². The topological polar surface area (TPSA) is 35.5 Å². The van der Waals surface area contributed by atoms with Crippen LogP contribution < -0.4 is 0 Å². The molecular formula is C12H24O3. The monoisotopic (exact) mass is 216 g/mol. The smallest absolute Gasteiger partial charge is 0.438 e. The number of hydrogen-bond acceptors (Lipinski definition) is 3. The predicted octanol–water partition coefficient (Wildman–Crippen LogP) is 3.62. The van der Waals surface area contributed by atoms with E-state index in [0.717, 1.165) is 19.3 Å². The van der Waals surface area contributed by atoms with Crippen molar-refractivity contribution < 1.29 is 14.3 Å². The zero-order chi connectivity index (χ0) is 11.8. The highest BCUT2D eigenvalue weighted by molar-refractivity contribution is 5.59. The van der Waals surface area contributed by atoms with Crippen molar-refractivity contribution in [2.24, 2.45) is 11.8 Å². The van der Waals surface area contributed by atoms with Crippen LogP contribution in [-0.4, -0.2) is 19.4 Å². The van der Waals surface area contributed by atoms with Crippen LogP contribution in [0.25, 0.3) is 0 Å². The fraction of sp³-hybridized carbons (Fsp3) is 0.917. The summed E-state index contributed by atoms with van der Waals surface area (Å²) >= 11 is 0. The zero-order valence-corrected chi connectivity index (χ0v) is 10.6. The van der Waals surface area contributed by atoms with Crippen LogP contribution in [0.1, 0.15) is 47.0 Å². The molecule has 90 valence electrons. The summed E-state index contributed by atoms with van der Waals surface area (Å²) in [5.41, 5.74) is 0. The molecule has 0 aromatic rings. The van der Waals surface area contributed by atoms with E-state index in [9.17, 15) is 4.79 Å². The first-order valence-electron chi connectivity index (χ1n) is 5.81. The van der Waals surface area contributed by atoms with E-state index in [4.69, 9.17) is 4.74 Å². The van der Waals surface area contributed by atoms with Crippen molar-refractivity contribution in [1.82, 2.24) is 0 Å². The van der Waals surface area contributed by atoms with Crippen LogP contribution in [0, 0.1) is 11.8 Å². The summed E-state index contributed by atoms with van der Waals surface area (Å²) in [6, 6.07) is 0. The molecule has 0 radical (unpaired) electrons. The van der Waals surface area contributed by atoms with Gasteiger partial charge in [-0.25, -0.2) is 4.79 Å². The lowest BCUT2D eigenvalue weighted by atomic mass is 9.88. The van der Waals surface area contributed by atoms with Gasteiger partial charge in [0.05, 0.1) is 7.11 Å². The van der Waals surface area contributed by atoms with E-state index in [1.807, 2.05) is 0 Å². The highest BCUT2D eigenvalue weighted by Gasteiger charge is 2.26. The average Bonchev–Trinajstić information content (AvgIpc) is 2.22. The van der Waals surface area contributed by atoms with Crippen LogP contribution in [0.15, 0.2) is 0 Å². The molecule has 0 amide bonds. The van der Waals surface area contributed by atoms with Crippen LogP contribution in [0.5, 0.6) is 0 Å². The third-order valence-electron chi connectivity index (χ3n) is 2.70. The van der Waals surface area contributed by atoms with Crippen molar-refractivity contribution in [2.45, 2.75) is 53.1 Å². The van der Waals surface area contributed by atoms with Crippen molar-refractivity contribution in [1.29, 1.82) is 0 Å². The maximum Gasteiger partial charge on any atom is 0.508 e. The quantitative estimate of drug-likeness (QED) is 0.636. The molecule has 0 saturated carbocycles. The molecule has 0 aliphatic carbocycles. The van der Waals surface area contributed by atoms with E-state index < -0.39 is 6.16 Å². The molecule has 0 rings (SSSR count). The summed E-state index contributed by atoms with van der Waals surface area (Å²) in [5.74, 6) is 0.773. The summed E-state index contributed by atoms with van der Waals surface area (Å²) in [4.78, 5) is 11.1. The Kier molecular flexibility index (Phi) is 7.18. The molecule has 0 heterocycles. The Morgan fingerprint density at radius 2 is 1.87 bits per heavy atom. The first kappa shape index (κ1) is 14.3. The molecule has 0 aromatic carbocycles. The first-order valence-corrected chi connectivity index (χ1v) is 5.81. The fourth-order valence-corrected chi connectivity index (χ4v) is 1.91. The number of carbonyl (C=O) groups excluding carboxylic acids is 1. The Balaban J connectivity index is 4.40. The predicted molar refractivity (Wildman–Crippen MR) is 60.8 cm³/mol. The first-order chi connectivity index (χ1) is 7.06. The molecule has 0 saturated heterocycles. The summed E-state index contributed by atoms with van der Waals surface area (Å²) < 4.78 is 9.85. The Hall–Kier alpha value is -0.730. The van der Waals surface area contributed by atoms with E-state index in [2.05, 4.69) is 32.4 Å². The molecule has 2 atom stereocenters. The summed E-state index contributed by atoms with van der Waals surface area (Å²) in [6.07, 6.45) is 2.65. The fourth-order valence-electron chi connectivity index (χ4n) is 1.91. The van der Waals surface area contributed by atoms with E-state index in [1.165, 1.54) is 7.11 Å². The Morgan fingerprint density at radius 3 is 2.20 bits per heavy atom. The molecule has 0 N–H and O–H groups in total. The summed E-state index contributed by atoms with van der Waals surface area (Å²) in [5, 5.41) is 0. The number of methoxy groups -OCH3 is 1. The van der Waals surface area contributed by atoms with Gasteiger partial charge in [0.15, 0.2) is 0 Å². The third kappa shape index (κ3) is 5.05. The van der Waals surface area contributed by atoms with Gasteiger partial charge < -0.3 is 9.47 Å². The molecule has 0 aliphatic rings. The molecular weight excluding hydrogens is 192 g/mol. The van der Waals surface area contributed by atoms with E-state index in [-0.39, 0.29) is 6.10 Å². The standard InChI is InChI=1S/C12H24O3/c1-6-8-10(7-2)11(9(3)4)15-12(13)14-5/h9-11H,6-8H2,1-5H3. The lowest BCUT2D eigenvalue weighted by Crippen LogP contribution is -2.31. The number of hydrogen-bond donors (Lipinski definition) is 0. The lowest BCUT2D eigenvalue weighted by molar-refractivity contribution is -0.0111. The zero-order valence-electron chi connectivity index (χ0n) is 10.6. The van der Waals surface area contributed by atoms with Crippen LogP contribution >= 0.6 is 0 Å². The minimum atomic E-state index is -0.566. The van der Waals surface area contributed by atoms with Crippen LogP contribution in [0.2, 0.25) is 0 Å². The van der Waals surface area contributed by atoms with Crippen molar-refractivity contribution in [3.63, 3.8) is 0 Å². The van der Waals surface area contributed by atoms with Crippen LogP contribution in [0.3, 0.4) is 0 Å². The largest absolute Gasteiger partial charge is 0.508 e. The molecule has 0 aromatic heterocycles. The van der Waals surface area contributed by atoms with Crippen molar-refractivity contribution in [3.8, 4) is 0 Å². The number of rotatable bonds is 6. The minimum absolute atomic E-state index is 0.0256. The van der Waals surface area contributed by atoms with Gasteiger partial charge in [0.25, 0.3) is 0 Å². The third-order valence-corrected chi connectivity index (χ3v) is 2.70. The molecule has 3 nitrogen and oxygen atoms in total. The van der Waals surface area contributed by atoms with Gasteiger partial charge in [-0.1, -0.05) is 34.1 Å². The van der Waals surface area contributed by atoms with Gasteiger partial charge >= 0.3 is 6.16 Å². The number of carbonyl (C=O) groups is 1. The van der Waals surface area contributed by atoms with Gasteiger partial charge in [0, 0.05) is 0 Å². The molecule has 0 aliphatic heterocycles. The van der Waals surface area contributed by atoms with Gasteiger partial charge in [-0.05, 0) is 24.7 Å². The van der Waals surface area contributed by atoms with Gasteiger partial charge in [-0.15, -0.1) is 0 Å². The second-order valence-corrected chi connectivity index (χ2v) is 4.24. The Bertz CT molecular complexity index is 178.